The maximum atomic E-state index is 5.60. The molecule has 0 aliphatic heterocycles. The second-order valence-electron chi connectivity index (χ2n) is 3.94. The summed E-state index contributed by atoms with van der Waals surface area (Å²) in [6.45, 7) is 6.33. The van der Waals surface area contributed by atoms with Crippen LogP contribution in [0.2, 0.25) is 0 Å². The number of nitrogen functional groups attached to an aromatic ring is 1. The maximum Gasteiger partial charge on any atom is 0.234 e. The van der Waals surface area contributed by atoms with Crippen LogP contribution in [0.3, 0.4) is 0 Å². The summed E-state index contributed by atoms with van der Waals surface area (Å²) in [6.07, 6.45) is 4.24. The van der Waals surface area contributed by atoms with Gasteiger partial charge in [0.05, 0.1) is 18.5 Å². The molecule has 0 fully saturated rings. The molecule has 0 aliphatic carbocycles. The molecule has 0 bridgehead atoms. The molecule has 1 aromatic rings. The largest absolute Gasteiger partial charge is 0.473 e. The van der Waals surface area contributed by atoms with Crippen molar-refractivity contribution >= 4 is 5.82 Å². The molecule has 1 atom stereocenters. The van der Waals surface area contributed by atoms with Gasteiger partial charge in [0, 0.05) is 0 Å². The van der Waals surface area contributed by atoms with Gasteiger partial charge in [-0.15, -0.1) is 0 Å². The first-order chi connectivity index (χ1) is 7.11. The minimum absolute atomic E-state index is 0.132. The van der Waals surface area contributed by atoms with Gasteiger partial charge >= 0.3 is 0 Å². The first-order valence-corrected chi connectivity index (χ1v) is 5.07. The summed E-state index contributed by atoms with van der Waals surface area (Å²) < 4.78 is 5.60. The summed E-state index contributed by atoms with van der Waals surface area (Å²) in [5.74, 6) is 6.83. The van der Waals surface area contributed by atoms with Crippen LogP contribution in [0, 0.1) is 5.92 Å². The van der Waals surface area contributed by atoms with Crippen molar-refractivity contribution in [3.05, 3.63) is 12.4 Å². The van der Waals surface area contributed by atoms with Crippen LogP contribution in [0.5, 0.6) is 5.88 Å². The van der Waals surface area contributed by atoms with Gasteiger partial charge in [0.15, 0.2) is 5.82 Å². The van der Waals surface area contributed by atoms with E-state index in [2.05, 4.69) is 29.2 Å². The molecule has 1 rings (SSSR count). The van der Waals surface area contributed by atoms with Crippen molar-refractivity contribution in [3.8, 4) is 5.88 Å². The van der Waals surface area contributed by atoms with E-state index >= 15 is 0 Å². The number of nitrogens with two attached hydrogens (primary N) is 1. The molecule has 0 saturated carbocycles. The summed E-state index contributed by atoms with van der Waals surface area (Å²) in [6, 6.07) is 0. The number of hydrazine groups is 1. The van der Waals surface area contributed by atoms with Gasteiger partial charge in [-0.1, -0.05) is 13.8 Å². The van der Waals surface area contributed by atoms with Gasteiger partial charge in [0.1, 0.15) is 0 Å². The quantitative estimate of drug-likeness (QED) is 0.570. The zero-order valence-corrected chi connectivity index (χ0v) is 9.40. The monoisotopic (exact) mass is 210 g/mol. The first-order valence-electron chi connectivity index (χ1n) is 5.07. The normalized spacial score (nSPS) is 12.6. The van der Waals surface area contributed by atoms with E-state index in [4.69, 9.17) is 10.6 Å². The Balaban J connectivity index is 2.55. The summed E-state index contributed by atoms with van der Waals surface area (Å²) in [5, 5.41) is 0. The van der Waals surface area contributed by atoms with E-state index in [0.29, 0.717) is 17.6 Å². The number of nitrogens with zero attached hydrogens (tertiary/aromatic N) is 2. The SMILES string of the molecule is CC(C)CC(C)Oc1cncc(NN)n1. The van der Waals surface area contributed by atoms with Crippen LogP contribution in [0.25, 0.3) is 0 Å². The Kier molecular flexibility index (Phi) is 4.30. The molecule has 5 nitrogen and oxygen atoms in total. The highest BCUT2D eigenvalue weighted by molar-refractivity contribution is 5.31. The van der Waals surface area contributed by atoms with Crippen LogP contribution in [0.1, 0.15) is 27.2 Å². The second-order valence-corrected chi connectivity index (χ2v) is 3.94. The number of anilines is 1. The molecule has 0 spiro atoms. The smallest absolute Gasteiger partial charge is 0.234 e. The van der Waals surface area contributed by atoms with E-state index in [9.17, 15) is 0 Å². The highest BCUT2D eigenvalue weighted by atomic mass is 16.5. The molecule has 3 N–H and O–H groups in total. The van der Waals surface area contributed by atoms with E-state index in [1.807, 2.05) is 6.92 Å². The Bertz CT molecular complexity index is 303. The van der Waals surface area contributed by atoms with Crippen molar-refractivity contribution in [2.45, 2.75) is 33.3 Å². The molecule has 1 heterocycles. The van der Waals surface area contributed by atoms with Crippen LogP contribution in [0.15, 0.2) is 12.4 Å². The van der Waals surface area contributed by atoms with Gasteiger partial charge in [-0.25, -0.2) is 5.84 Å². The average Bonchev–Trinajstić information content (AvgIpc) is 2.16. The van der Waals surface area contributed by atoms with Crippen molar-refractivity contribution in [1.29, 1.82) is 0 Å². The highest BCUT2D eigenvalue weighted by Crippen LogP contribution is 2.13. The molecule has 84 valence electrons. The lowest BCUT2D eigenvalue weighted by Gasteiger charge is -2.15. The predicted molar refractivity (Wildman–Crippen MR) is 59.4 cm³/mol. The van der Waals surface area contributed by atoms with Crippen LogP contribution < -0.4 is 16.0 Å². The molecule has 0 aliphatic rings. The third kappa shape index (κ3) is 4.12. The fraction of sp³-hybridized carbons (Fsp3) is 0.600. The molecular formula is C10H18N4O. The lowest BCUT2D eigenvalue weighted by atomic mass is 10.1. The highest BCUT2D eigenvalue weighted by Gasteiger charge is 2.08. The average molecular weight is 210 g/mol. The molecule has 0 aromatic carbocycles. The molecule has 5 heteroatoms. The fourth-order valence-electron chi connectivity index (χ4n) is 1.39. The molecule has 0 radical (unpaired) electrons. The molecule has 15 heavy (non-hydrogen) atoms. The molecule has 0 amide bonds. The first kappa shape index (κ1) is 11.7. The van der Waals surface area contributed by atoms with Gasteiger partial charge < -0.3 is 10.2 Å². The van der Waals surface area contributed by atoms with Crippen molar-refractivity contribution in [1.82, 2.24) is 9.97 Å². The number of hydrogen-bond acceptors (Lipinski definition) is 5. The van der Waals surface area contributed by atoms with Gasteiger partial charge in [-0.2, -0.15) is 4.98 Å². The fourth-order valence-corrected chi connectivity index (χ4v) is 1.39. The van der Waals surface area contributed by atoms with E-state index in [1.54, 1.807) is 12.4 Å². The van der Waals surface area contributed by atoms with E-state index in [1.165, 1.54) is 0 Å². The summed E-state index contributed by atoms with van der Waals surface area (Å²) in [5.41, 5.74) is 2.43. The third-order valence-corrected chi connectivity index (χ3v) is 1.89. The van der Waals surface area contributed by atoms with Gasteiger partial charge in [-0.05, 0) is 19.3 Å². The number of ether oxygens (including phenoxy) is 1. The number of hydrogen-bond donors (Lipinski definition) is 2. The third-order valence-electron chi connectivity index (χ3n) is 1.89. The summed E-state index contributed by atoms with van der Waals surface area (Å²) in [7, 11) is 0. The lowest BCUT2D eigenvalue weighted by molar-refractivity contribution is 0.185. The van der Waals surface area contributed by atoms with E-state index in [0.717, 1.165) is 6.42 Å². The van der Waals surface area contributed by atoms with Gasteiger partial charge in [-0.3, -0.25) is 4.98 Å². The second kappa shape index (κ2) is 5.50. The Labute approximate surface area is 90.0 Å². The molecule has 1 unspecified atom stereocenters. The van der Waals surface area contributed by atoms with Crippen molar-refractivity contribution in [2.75, 3.05) is 5.43 Å². The Hall–Kier alpha value is -1.36. The predicted octanol–water partition coefficient (Wildman–Crippen LogP) is 1.58. The minimum atomic E-state index is 0.132. The van der Waals surface area contributed by atoms with Gasteiger partial charge in [0.2, 0.25) is 5.88 Å². The topological polar surface area (TPSA) is 73.1 Å². The Morgan fingerprint density at radius 3 is 2.73 bits per heavy atom. The van der Waals surface area contributed by atoms with E-state index < -0.39 is 0 Å². The van der Waals surface area contributed by atoms with Crippen LogP contribution in [-0.4, -0.2) is 16.1 Å². The zero-order chi connectivity index (χ0) is 11.3. The molecule has 1 aromatic heterocycles. The van der Waals surface area contributed by atoms with Crippen molar-refractivity contribution in [2.24, 2.45) is 11.8 Å². The van der Waals surface area contributed by atoms with Gasteiger partial charge in [0.25, 0.3) is 0 Å². The number of rotatable bonds is 5. The van der Waals surface area contributed by atoms with E-state index in [-0.39, 0.29) is 6.10 Å². The summed E-state index contributed by atoms with van der Waals surface area (Å²) >= 11 is 0. The number of nitrogens with one attached hydrogen (secondary N) is 1. The molecule has 0 saturated heterocycles. The molecular weight excluding hydrogens is 192 g/mol. The van der Waals surface area contributed by atoms with Crippen LogP contribution in [0.4, 0.5) is 5.82 Å². The maximum absolute atomic E-state index is 5.60. The summed E-state index contributed by atoms with van der Waals surface area (Å²) in [4.78, 5) is 8.08. The van der Waals surface area contributed by atoms with Crippen LogP contribution in [-0.2, 0) is 0 Å². The zero-order valence-electron chi connectivity index (χ0n) is 9.40. The van der Waals surface area contributed by atoms with Crippen LogP contribution >= 0.6 is 0 Å². The standard InChI is InChI=1S/C10H18N4O/c1-7(2)4-8(3)15-10-6-12-5-9(13-10)14-11/h5-8H,4,11H2,1-3H3,(H,13,14). The minimum Gasteiger partial charge on any atom is -0.473 e. The van der Waals surface area contributed by atoms with Crippen molar-refractivity contribution in [3.63, 3.8) is 0 Å². The Morgan fingerprint density at radius 1 is 1.40 bits per heavy atom. The van der Waals surface area contributed by atoms with Crippen molar-refractivity contribution < 1.29 is 4.74 Å². The lowest BCUT2D eigenvalue weighted by Crippen LogP contribution is -2.16. The Morgan fingerprint density at radius 2 is 2.13 bits per heavy atom. The number of aromatic nitrogens is 2.